The van der Waals surface area contributed by atoms with Crippen LogP contribution in [0.1, 0.15) is 30.1 Å². The lowest BCUT2D eigenvalue weighted by atomic mass is 9.97. The lowest BCUT2D eigenvalue weighted by Crippen LogP contribution is -2.48. The van der Waals surface area contributed by atoms with Crippen molar-refractivity contribution in [2.24, 2.45) is 0 Å². The van der Waals surface area contributed by atoms with E-state index < -0.39 is 6.04 Å². The molecule has 1 aliphatic carbocycles. The normalized spacial score (nSPS) is 16.0. The molecule has 3 amide bonds. The molecule has 1 unspecified atom stereocenters. The summed E-state index contributed by atoms with van der Waals surface area (Å²) in [5, 5.41) is 4.07. The summed E-state index contributed by atoms with van der Waals surface area (Å²) in [6.45, 7) is -0.0895. The Bertz CT molecular complexity index is 1530. The van der Waals surface area contributed by atoms with Gasteiger partial charge in [0.15, 0.2) is 0 Å². The van der Waals surface area contributed by atoms with Crippen LogP contribution in [0.25, 0.3) is 5.69 Å². The third-order valence-electron chi connectivity index (χ3n) is 6.92. The highest BCUT2D eigenvalue weighted by Gasteiger charge is 2.40. The van der Waals surface area contributed by atoms with Crippen molar-refractivity contribution in [1.82, 2.24) is 9.47 Å². The Morgan fingerprint density at radius 2 is 1.61 bits per heavy atom. The average molecular weight is 566 g/mol. The van der Waals surface area contributed by atoms with Gasteiger partial charge in [-0.05, 0) is 66.9 Å². The average Bonchev–Trinajstić information content (AvgIpc) is 3.64. The third kappa shape index (κ3) is 4.53. The maximum absolute atomic E-state index is 14.2. The van der Waals surface area contributed by atoms with Gasteiger partial charge < -0.3 is 14.8 Å². The quantitative estimate of drug-likeness (QED) is 0.271. The highest BCUT2D eigenvalue weighted by Crippen LogP contribution is 2.43. The van der Waals surface area contributed by atoms with Gasteiger partial charge in [-0.1, -0.05) is 65.1 Å². The zero-order valence-corrected chi connectivity index (χ0v) is 22.4. The number of urea groups is 1. The zero-order valence-electron chi connectivity index (χ0n) is 20.2. The summed E-state index contributed by atoms with van der Waals surface area (Å²) in [7, 11) is 0. The molecule has 2 aliphatic rings. The molecule has 38 heavy (non-hydrogen) atoms. The smallest absolute Gasteiger partial charge is 0.316 e. The van der Waals surface area contributed by atoms with Crippen LogP contribution in [0.4, 0.5) is 16.2 Å². The Hall–Kier alpha value is -3.45. The van der Waals surface area contributed by atoms with E-state index in [1.807, 2.05) is 66.9 Å². The number of para-hydroxylation sites is 2. The minimum Gasteiger partial charge on any atom is -0.316 e. The molecule has 0 spiro atoms. The molecule has 4 aromatic rings. The number of carbonyl (C=O) groups is 2. The monoisotopic (exact) mass is 564 g/mol. The van der Waals surface area contributed by atoms with Crippen LogP contribution < -0.4 is 10.2 Å². The maximum Gasteiger partial charge on any atom is 0.322 e. The fraction of sp³-hybridized carbons (Fsp3) is 0.172. The number of nitrogens with one attached hydrogen (secondary N) is 1. The van der Waals surface area contributed by atoms with E-state index in [0.29, 0.717) is 15.7 Å². The molecule has 0 radical (unpaired) electrons. The van der Waals surface area contributed by atoms with E-state index in [9.17, 15) is 9.59 Å². The van der Waals surface area contributed by atoms with E-state index in [-0.39, 0.29) is 29.5 Å². The molecule has 6 rings (SSSR count). The van der Waals surface area contributed by atoms with Gasteiger partial charge in [0.05, 0.1) is 32.8 Å². The van der Waals surface area contributed by atoms with Crippen LogP contribution >= 0.6 is 34.8 Å². The van der Waals surface area contributed by atoms with Crippen molar-refractivity contribution >= 4 is 58.1 Å². The molecular weight excluding hydrogens is 543 g/mol. The summed E-state index contributed by atoms with van der Waals surface area (Å²) in [5.74, 6) is -0.191. The first kappa shape index (κ1) is 24.9. The standard InChI is InChI=1S/C29H23Cl3N4O2/c30-19-12-10-18(11-13-19)28-25-9-4-16-34(25)23-7-1-2-8-24(23)36(28)26(37)17-35(20-14-15-20)29(38)33-22-6-3-5-21(31)27(22)32/h1-13,16,20,28H,14-15,17H2,(H,33,38). The summed E-state index contributed by atoms with van der Waals surface area (Å²) in [5.41, 5.74) is 3.95. The van der Waals surface area contributed by atoms with Crippen LogP contribution in [-0.4, -0.2) is 34.0 Å². The van der Waals surface area contributed by atoms with Gasteiger partial charge in [0.25, 0.3) is 0 Å². The number of fused-ring (bicyclic) bond motifs is 3. The molecule has 192 valence electrons. The summed E-state index contributed by atoms with van der Waals surface area (Å²) >= 11 is 18.6. The first-order valence-corrected chi connectivity index (χ1v) is 13.4. The Morgan fingerprint density at radius 1 is 0.868 bits per heavy atom. The molecular formula is C29H23Cl3N4O2. The number of hydrogen-bond donors (Lipinski definition) is 1. The molecule has 2 heterocycles. The predicted octanol–water partition coefficient (Wildman–Crippen LogP) is 7.57. The van der Waals surface area contributed by atoms with E-state index in [2.05, 4.69) is 9.88 Å². The van der Waals surface area contributed by atoms with Crippen molar-refractivity contribution in [3.05, 3.63) is 111 Å². The summed E-state index contributed by atoms with van der Waals surface area (Å²) in [6, 6.07) is 23.6. The molecule has 0 bridgehead atoms. The van der Waals surface area contributed by atoms with Crippen molar-refractivity contribution in [3.63, 3.8) is 0 Å². The Morgan fingerprint density at radius 3 is 2.34 bits per heavy atom. The van der Waals surface area contributed by atoms with Gasteiger partial charge >= 0.3 is 6.03 Å². The van der Waals surface area contributed by atoms with Crippen molar-refractivity contribution in [2.45, 2.75) is 24.9 Å². The number of aromatic nitrogens is 1. The van der Waals surface area contributed by atoms with Crippen LogP contribution in [0.5, 0.6) is 0 Å². The molecule has 1 N–H and O–H groups in total. The maximum atomic E-state index is 14.2. The predicted molar refractivity (Wildman–Crippen MR) is 152 cm³/mol. The van der Waals surface area contributed by atoms with Crippen LogP contribution in [0.15, 0.2) is 85.1 Å². The molecule has 3 aromatic carbocycles. The number of benzene rings is 3. The highest BCUT2D eigenvalue weighted by atomic mass is 35.5. The van der Waals surface area contributed by atoms with E-state index >= 15 is 0 Å². The molecule has 9 heteroatoms. The van der Waals surface area contributed by atoms with Crippen LogP contribution in [-0.2, 0) is 4.79 Å². The van der Waals surface area contributed by atoms with E-state index in [4.69, 9.17) is 34.8 Å². The van der Waals surface area contributed by atoms with Crippen molar-refractivity contribution in [3.8, 4) is 5.69 Å². The van der Waals surface area contributed by atoms with E-state index in [1.165, 1.54) is 0 Å². The van der Waals surface area contributed by atoms with Gasteiger partial charge in [0, 0.05) is 17.3 Å². The number of nitrogens with zero attached hydrogens (tertiary/aromatic N) is 3. The number of anilines is 2. The van der Waals surface area contributed by atoms with Gasteiger partial charge in [-0.2, -0.15) is 0 Å². The Kier molecular flexibility index (Phi) is 6.56. The largest absolute Gasteiger partial charge is 0.322 e. The van der Waals surface area contributed by atoms with Crippen molar-refractivity contribution in [2.75, 3.05) is 16.8 Å². The SMILES string of the molecule is O=C(Nc1cccc(Cl)c1Cl)N(CC(=O)N1c2ccccc2-n2cccc2C1c1ccc(Cl)cc1)C1CC1. The fourth-order valence-corrected chi connectivity index (χ4v) is 5.46. The highest BCUT2D eigenvalue weighted by molar-refractivity contribution is 6.44. The fourth-order valence-electron chi connectivity index (χ4n) is 4.98. The molecule has 1 fully saturated rings. The van der Waals surface area contributed by atoms with E-state index in [0.717, 1.165) is 35.5 Å². The van der Waals surface area contributed by atoms with Crippen molar-refractivity contribution in [1.29, 1.82) is 0 Å². The molecule has 0 saturated heterocycles. The summed E-state index contributed by atoms with van der Waals surface area (Å²) in [6.07, 6.45) is 3.67. The minimum absolute atomic E-state index is 0.0187. The second kappa shape index (κ2) is 10.0. The molecule has 1 aliphatic heterocycles. The molecule has 1 aromatic heterocycles. The van der Waals surface area contributed by atoms with Crippen LogP contribution in [0, 0.1) is 0 Å². The number of carbonyl (C=O) groups excluding carboxylic acids is 2. The number of hydrogen-bond acceptors (Lipinski definition) is 2. The number of amides is 3. The third-order valence-corrected chi connectivity index (χ3v) is 7.99. The van der Waals surface area contributed by atoms with Gasteiger partial charge in [0.2, 0.25) is 5.91 Å². The topological polar surface area (TPSA) is 57.6 Å². The first-order chi connectivity index (χ1) is 18.4. The second-order valence-electron chi connectivity index (χ2n) is 9.40. The minimum atomic E-state index is -0.392. The Balaban J connectivity index is 1.36. The second-order valence-corrected chi connectivity index (χ2v) is 10.6. The van der Waals surface area contributed by atoms with Crippen LogP contribution in [0.3, 0.4) is 0 Å². The van der Waals surface area contributed by atoms with Gasteiger partial charge in [-0.3, -0.25) is 9.69 Å². The summed E-state index contributed by atoms with van der Waals surface area (Å²) < 4.78 is 2.10. The van der Waals surface area contributed by atoms with Gasteiger partial charge in [-0.25, -0.2) is 4.79 Å². The molecule has 6 nitrogen and oxygen atoms in total. The van der Waals surface area contributed by atoms with Gasteiger partial charge in [-0.15, -0.1) is 0 Å². The van der Waals surface area contributed by atoms with Crippen LogP contribution in [0.2, 0.25) is 15.1 Å². The lowest BCUT2D eigenvalue weighted by Gasteiger charge is -2.39. The Labute approximate surface area is 235 Å². The van der Waals surface area contributed by atoms with E-state index in [1.54, 1.807) is 28.0 Å². The zero-order chi connectivity index (χ0) is 26.4. The van der Waals surface area contributed by atoms with Gasteiger partial charge in [0.1, 0.15) is 12.6 Å². The molecule has 1 saturated carbocycles. The first-order valence-electron chi connectivity index (χ1n) is 12.3. The number of rotatable bonds is 5. The van der Waals surface area contributed by atoms with Crippen molar-refractivity contribution < 1.29 is 9.59 Å². The molecule has 1 atom stereocenters. The summed E-state index contributed by atoms with van der Waals surface area (Å²) in [4.78, 5) is 31.0. The lowest BCUT2D eigenvalue weighted by molar-refractivity contribution is -0.119. The number of halogens is 3.